The molecule has 0 saturated heterocycles. The lowest BCUT2D eigenvalue weighted by Crippen LogP contribution is -2.87. The fourth-order valence-corrected chi connectivity index (χ4v) is 3.16. The number of amides is 1. The monoisotopic (exact) mass is 399 g/mol. The SMILES string of the molecule is CCc1ccc([C@H]([NH2+]CC(=O)Nc2c(F)cccc2F)c2cccc(F)c2)cc1. The van der Waals surface area contributed by atoms with Crippen molar-refractivity contribution < 1.29 is 23.3 Å². The molecular weight excluding hydrogens is 377 g/mol. The number of hydrogen-bond donors (Lipinski definition) is 2. The molecular formula is C23H22F3N2O+. The molecule has 0 aliphatic rings. The number of nitrogens with two attached hydrogens (primary N) is 1. The number of carbonyl (C=O) groups excluding carboxylic acids is 1. The number of nitrogens with one attached hydrogen (secondary N) is 1. The van der Waals surface area contributed by atoms with Gasteiger partial charge in [-0.05, 0) is 36.2 Å². The van der Waals surface area contributed by atoms with Gasteiger partial charge in [0.05, 0.1) is 0 Å². The Labute approximate surface area is 167 Å². The van der Waals surface area contributed by atoms with E-state index in [1.165, 1.54) is 23.8 Å². The molecule has 0 saturated carbocycles. The Balaban J connectivity index is 1.78. The topological polar surface area (TPSA) is 45.7 Å². The number of rotatable bonds is 7. The molecule has 0 unspecified atom stereocenters. The van der Waals surface area contributed by atoms with Crippen LogP contribution in [0.3, 0.4) is 0 Å². The van der Waals surface area contributed by atoms with Crippen molar-refractivity contribution in [3.8, 4) is 0 Å². The summed E-state index contributed by atoms with van der Waals surface area (Å²) in [5.41, 5.74) is 2.29. The zero-order valence-electron chi connectivity index (χ0n) is 16.0. The molecule has 1 amide bonds. The van der Waals surface area contributed by atoms with Gasteiger partial charge in [-0.15, -0.1) is 0 Å². The standard InChI is InChI=1S/C23H21F3N2O/c1-2-15-9-11-16(12-10-15)22(17-5-3-6-18(24)13-17)27-14-21(29)28-23-19(25)7-4-8-20(23)26/h3-13,22,27H,2,14H2,1H3,(H,28,29)/p+1/t22-/m0/s1. The molecule has 3 nitrogen and oxygen atoms in total. The van der Waals surface area contributed by atoms with E-state index in [2.05, 4.69) is 12.2 Å². The lowest BCUT2D eigenvalue weighted by molar-refractivity contribution is -0.676. The highest BCUT2D eigenvalue weighted by molar-refractivity contribution is 5.91. The Bertz CT molecular complexity index is 969. The van der Waals surface area contributed by atoms with E-state index in [-0.39, 0.29) is 18.4 Å². The van der Waals surface area contributed by atoms with Gasteiger partial charge in [0.2, 0.25) is 0 Å². The number of carbonyl (C=O) groups is 1. The average Bonchev–Trinajstić information content (AvgIpc) is 2.71. The minimum atomic E-state index is -0.838. The maximum absolute atomic E-state index is 13.8. The van der Waals surface area contributed by atoms with E-state index in [4.69, 9.17) is 0 Å². The second-order valence-corrected chi connectivity index (χ2v) is 6.71. The summed E-state index contributed by atoms with van der Waals surface area (Å²) in [6, 6.07) is 17.1. The molecule has 3 rings (SSSR count). The maximum atomic E-state index is 13.8. The first-order valence-electron chi connectivity index (χ1n) is 9.39. The molecule has 3 aromatic carbocycles. The molecule has 0 fully saturated rings. The maximum Gasteiger partial charge on any atom is 0.279 e. The van der Waals surface area contributed by atoms with Crippen molar-refractivity contribution in [3.63, 3.8) is 0 Å². The van der Waals surface area contributed by atoms with Crippen LogP contribution in [0, 0.1) is 17.5 Å². The average molecular weight is 399 g/mol. The van der Waals surface area contributed by atoms with Crippen LogP contribution < -0.4 is 10.6 Å². The van der Waals surface area contributed by atoms with Gasteiger partial charge in [-0.25, -0.2) is 13.2 Å². The zero-order chi connectivity index (χ0) is 20.8. The molecule has 0 heterocycles. The molecule has 0 aromatic heterocycles. The van der Waals surface area contributed by atoms with Crippen LogP contribution in [-0.2, 0) is 11.2 Å². The second kappa shape index (κ2) is 9.39. The summed E-state index contributed by atoms with van der Waals surface area (Å²) in [6.07, 6.45) is 0.894. The van der Waals surface area contributed by atoms with Crippen molar-refractivity contribution in [3.05, 3.63) is 101 Å². The number of quaternary nitrogens is 1. The minimum Gasteiger partial charge on any atom is -0.328 e. The number of anilines is 1. The number of benzene rings is 3. The summed E-state index contributed by atoms with van der Waals surface area (Å²) in [5, 5.41) is 3.98. The highest BCUT2D eigenvalue weighted by Crippen LogP contribution is 2.20. The largest absolute Gasteiger partial charge is 0.328 e. The Morgan fingerprint density at radius 2 is 1.59 bits per heavy atom. The van der Waals surface area contributed by atoms with Crippen LogP contribution in [0.2, 0.25) is 0 Å². The zero-order valence-corrected chi connectivity index (χ0v) is 16.0. The fraction of sp³-hybridized carbons (Fsp3) is 0.174. The third-order valence-corrected chi connectivity index (χ3v) is 4.72. The predicted molar refractivity (Wildman–Crippen MR) is 106 cm³/mol. The summed E-state index contributed by atoms with van der Waals surface area (Å²) in [6.45, 7) is 1.96. The molecule has 1 atom stereocenters. The molecule has 150 valence electrons. The number of halogens is 3. The van der Waals surface area contributed by atoms with Crippen LogP contribution in [0.1, 0.15) is 29.7 Å². The quantitative estimate of drug-likeness (QED) is 0.621. The van der Waals surface area contributed by atoms with E-state index in [0.717, 1.165) is 24.1 Å². The highest BCUT2D eigenvalue weighted by atomic mass is 19.1. The summed E-state index contributed by atoms with van der Waals surface area (Å²) in [4.78, 5) is 12.3. The van der Waals surface area contributed by atoms with Crippen LogP contribution in [0.25, 0.3) is 0 Å². The molecule has 0 radical (unpaired) electrons. The smallest absolute Gasteiger partial charge is 0.279 e. The van der Waals surface area contributed by atoms with Gasteiger partial charge >= 0.3 is 0 Å². The first kappa shape index (κ1) is 20.6. The van der Waals surface area contributed by atoms with Crippen molar-refractivity contribution >= 4 is 11.6 Å². The van der Waals surface area contributed by atoms with E-state index < -0.39 is 23.2 Å². The Morgan fingerprint density at radius 1 is 0.931 bits per heavy atom. The normalized spacial score (nSPS) is 11.9. The van der Waals surface area contributed by atoms with E-state index in [0.29, 0.717) is 5.56 Å². The van der Waals surface area contributed by atoms with Gasteiger partial charge in [0.1, 0.15) is 29.2 Å². The Morgan fingerprint density at radius 3 is 2.21 bits per heavy atom. The van der Waals surface area contributed by atoms with Crippen LogP contribution in [0.15, 0.2) is 66.7 Å². The second-order valence-electron chi connectivity index (χ2n) is 6.71. The number of hydrogen-bond acceptors (Lipinski definition) is 1. The summed E-state index contributed by atoms with van der Waals surface area (Å²) in [5.74, 6) is -2.60. The third kappa shape index (κ3) is 5.23. The molecule has 0 spiro atoms. The summed E-state index contributed by atoms with van der Waals surface area (Å²) in [7, 11) is 0. The van der Waals surface area contributed by atoms with Gasteiger partial charge in [-0.1, -0.05) is 49.4 Å². The van der Waals surface area contributed by atoms with Crippen molar-refractivity contribution in [2.24, 2.45) is 0 Å². The van der Waals surface area contributed by atoms with Crippen molar-refractivity contribution in [1.29, 1.82) is 0 Å². The van der Waals surface area contributed by atoms with Gasteiger partial charge in [0.25, 0.3) is 5.91 Å². The predicted octanol–water partition coefficient (Wildman–Crippen LogP) is 3.96. The van der Waals surface area contributed by atoms with Crippen LogP contribution in [0.4, 0.5) is 18.9 Å². The van der Waals surface area contributed by atoms with Gasteiger partial charge in [0, 0.05) is 11.1 Å². The Hall–Kier alpha value is -3.12. The molecule has 3 N–H and O–H groups in total. The summed E-state index contributed by atoms with van der Waals surface area (Å²) < 4.78 is 41.3. The van der Waals surface area contributed by atoms with Crippen LogP contribution >= 0.6 is 0 Å². The molecule has 6 heteroatoms. The number of para-hydroxylation sites is 1. The number of aryl methyl sites for hydroxylation is 1. The van der Waals surface area contributed by atoms with Crippen LogP contribution in [0.5, 0.6) is 0 Å². The minimum absolute atomic E-state index is 0.0928. The molecule has 0 aliphatic carbocycles. The molecule has 0 aliphatic heterocycles. The lowest BCUT2D eigenvalue weighted by atomic mass is 9.97. The van der Waals surface area contributed by atoms with E-state index >= 15 is 0 Å². The van der Waals surface area contributed by atoms with Crippen molar-refractivity contribution in [1.82, 2.24) is 0 Å². The van der Waals surface area contributed by atoms with E-state index in [1.807, 2.05) is 24.3 Å². The van der Waals surface area contributed by atoms with E-state index in [9.17, 15) is 18.0 Å². The van der Waals surface area contributed by atoms with Crippen LogP contribution in [-0.4, -0.2) is 12.5 Å². The lowest BCUT2D eigenvalue weighted by Gasteiger charge is -2.17. The summed E-state index contributed by atoms with van der Waals surface area (Å²) >= 11 is 0. The van der Waals surface area contributed by atoms with E-state index in [1.54, 1.807) is 17.4 Å². The Kier molecular flexibility index (Phi) is 6.67. The van der Waals surface area contributed by atoms with Gasteiger partial charge < -0.3 is 10.6 Å². The van der Waals surface area contributed by atoms with Gasteiger partial charge in [-0.3, -0.25) is 4.79 Å². The first-order valence-corrected chi connectivity index (χ1v) is 9.39. The fourth-order valence-electron chi connectivity index (χ4n) is 3.16. The highest BCUT2D eigenvalue weighted by Gasteiger charge is 2.21. The molecule has 29 heavy (non-hydrogen) atoms. The van der Waals surface area contributed by atoms with Gasteiger partial charge in [-0.2, -0.15) is 0 Å². The van der Waals surface area contributed by atoms with Gasteiger partial charge in [0.15, 0.2) is 6.54 Å². The van der Waals surface area contributed by atoms with Crippen molar-refractivity contribution in [2.75, 3.05) is 11.9 Å². The third-order valence-electron chi connectivity index (χ3n) is 4.72. The first-order chi connectivity index (χ1) is 14.0. The molecule has 3 aromatic rings. The van der Waals surface area contributed by atoms with Crippen molar-refractivity contribution in [2.45, 2.75) is 19.4 Å². The molecule has 0 bridgehead atoms.